The first kappa shape index (κ1) is 20.4. The number of aromatic nitrogens is 4. The molecule has 10 heteroatoms. The zero-order chi connectivity index (χ0) is 21.8. The maximum atomic E-state index is 11.6. The van der Waals surface area contributed by atoms with Crippen molar-refractivity contribution in [2.75, 3.05) is 11.5 Å². The molecule has 0 aliphatic heterocycles. The number of para-hydroxylation sites is 1. The van der Waals surface area contributed by atoms with Gasteiger partial charge in [0.05, 0.1) is 11.1 Å². The number of nitrogens with two attached hydrogens (primary N) is 1. The van der Waals surface area contributed by atoms with Crippen molar-refractivity contribution >= 4 is 33.1 Å². The minimum absolute atomic E-state index is 0.0328. The lowest BCUT2D eigenvalue weighted by atomic mass is 10.1. The predicted molar refractivity (Wildman–Crippen MR) is 120 cm³/mol. The van der Waals surface area contributed by atoms with Crippen molar-refractivity contribution in [1.82, 2.24) is 24.5 Å². The molecule has 0 spiro atoms. The zero-order valence-corrected chi connectivity index (χ0v) is 17.5. The molecule has 0 aliphatic carbocycles. The van der Waals surface area contributed by atoms with Gasteiger partial charge in [-0.05, 0) is 43.3 Å². The summed E-state index contributed by atoms with van der Waals surface area (Å²) < 4.78 is 32.9. The molecule has 0 bridgehead atoms. The zero-order valence-electron chi connectivity index (χ0n) is 16.6. The molecule has 31 heavy (non-hydrogen) atoms. The molecule has 3 N–H and O–H groups in total. The van der Waals surface area contributed by atoms with Crippen LogP contribution in [0.15, 0.2) is 67.1 Å². The van der Waals surface area contributed by atoms with E-state index in [2.05, 4.69) is 19.8 Å². The molecule has 4 rings (SSSR count). The van der Waals surface area contributed by atoms with Crippen molar-refractivity contribution in [1.29, 1.82) is 0 Å². The molecule has 2 aromatic heterocycles. The summed E-state index contributed by atoms with van der Waals surface area (Å²) in [6, 6.07) is 16.9. The number of benzene rings is 2. The smallest absolute Gasteiger partial charge is 0.232 e. The van der Waals surface area contributed by atoms with Crippen LogP contribution < -0.4 is 15.2 Å². The van der Waals surface area contributed by atoms with E-state index in [1.54, 1.807) is 6.92 Å². The summed E-state index contributed by atoms with van der Waals surface area (Å²) in [5, 5.41) is 5.12. The number of fused-ring (bicyclic) bond motifs is 1. The fourth-order valence-electron chi connectivity index (χ4n) is 2.89. The molecular weight excluding hydrogens is 416 g/mol. The monoisotopic (exact) mass is 436 g/mol. The molecule has 158 valence electrons. The van der Waals surface area contributed by atoms with Crippen molar-refractivity contribution in [2.45, 2.75) is 6.92 Å². The minimum atomic E-state index is -3.38. The van der Waals surface area contributed by atoms with Gasteiger partial charge in [-0.15, -0.1) is 0 Å². The Bertz CT molecular complexity index is 1330. The van der Waals surface area contributed by atoms with E-state index in [-0.39, 0.29) is 11.6 Å². The van der Waals surface area contributed by atoms with E-state index in [0.29, 0.717) is 22.5 Å². The molecule has 0 unspecified atom stereocenters. The number of hydrogen-bond donors (Lipinski definition) is 2. The van der Waals surface area contributed by atoms with E-state index in [9.17, 15) is 8.42 Å². The largest absolute Gasteiger partial charge is 0.457 e. The Hall–Kier alpha value is -3.92. The van der Waals surface area contributed by atoms with Crippen LogP contribution in [0.2, 0.25) is 0 Å². The summed E-state index contributed by atoms with van der Waals surface area (Å²) in [7, 11) is -3.38. The molecule has 0 atom stereocenters. The van der Waals surface area contributed by atoms with Gasteiger partial charge in [0.15, 0.2) is 5.65 Å². The van der Waals surface area contributed by atoms with E-state index in [1.807, 2.05) is 54.6 Å². The first-order chi connectivity index (χ1) is 15.0. The number of nitrogen functional groups attached to an aromatic ring is 1. The molecule has 2 heterocycles. The molecule has 2 aromatic carbocycles. The van der Waals surface area contributed by atoms with Crippen LogP contribution in [0.5, 0.6) is 11.5 Å². The summed E-state index contributed by atoms with van der Waals surface area (Å²) in [6.07, 6.45) is 4.10. The number of rotatable bonds is 7. The highest BCUT2D eigenvalue weighted by Crippen LogP contribution is 2.32. The standard InChI is InChI=1S/C21H20N6O3S/c1-2-31(28,29)25-12-13-27-21-18(20(22)23-14-24-21)19(26-27)15-8-10-17(11-9-15)30-16-6-4-3-5-7-16/h3-14,25H,2H2,1H3,(H2,22,23,24). The average Bonchev–Trinajstić information content (AvgIpc) is 3.15. The van der Waals surface area contributed by atoms with Crippen molar-refractivity contribution in [3.63, 3.8) is 0 Å². The summed E-state index contributed by atoms with van der Waals surface area (Å²) >= 11 is 0. The van der Waals surface area contributed by atoms with E-state index in [1.165, 1.54) is 23.4 Å². The Kier molecular flexibility index (Phi) is 5.54. The van der Waals surface area contributed by atoms with Crippen molar-refractivity contribution in [2.24, 2.45) is 0 Å². The lowest BCUT2D eigenvalue weighted by molar-refractivity contribution is 0.483. The predicted octanol–water partition coefficient (Wildman–Crippen LogP) is 3.24. The molecule has 4 aromatic rings. The Morgan fingerprint density at radius 1 is 1.06 bits per heavy atom. The molecule has 0 saturated heterocycles. The highest BCUT2D eigenvalue weighted by atomic mass is 32.2. The van der Waals surface area contributed by atoms with Crippen LogP contribution in [-0.2, 0) is 10.0 Å². The van der Waals surface area contributed by atoms with Gasteiger partial charge in [-0.25, -0.2) is 23.1 Å². The summed E-state index contributed by atoms with van der Waals surface area (Å²) in [4.78, 5) is 8.32. The SMILES string of the molecule is CCS(=O)(=O)NC=Cn1nc(-c2ccc(Oc3ccccc3)cc2)c2c(N)ncnc21. The second-order valence-corrected chi connectivity index (χ2v) is 8.57. The van der Waals surface area contributed by atoms with Gasteiger partial charge in [0.1, 0.15) is 29.3 Å². The number of anilines is 1. The second kappa shape index (κ2) is 8.44. The van der Waals surface area contributed by atoms with Crippen LogP contribution >= 0.6 is 0 Å². The second-order valence-electron chi connectivity index (χ2n) is 6.53. The molecule has 0 fully saturated rings. The summed E-state index contributed by atoms with van der Waals surface area (Å²) in [5.41, 5.74) is 7.91. The van der Waals surface area contributed by atoms with Gasteiger partial charge in [-0.1, -0.05) is 18.2 Å². The molecule has 0 saturated carbocycles. The van der Waals surface area contributed by atoms with Gasteiger partial charge >= 0.3 is 0 Å². The van der Waals surface area contributed by atoms with Crippen molar-refractivity contribution < 1.29 is 13.2 Å². The van der Waals surface area contributed by atoms with Gasteiger partial charge in [0.2, 0.25) is 10.0 Å². The quantitative estimate of drug-likeness (QED) is 0.455. The van der Waals surface area contributed by atoms with Crippen molar-refractivity contribution in [3.05, 3.63) is 67.1 Å². The van der Waals surface area contributed by atoms with Crippen LogP contribution in [0.4, 0.5) is 5.82 Å². The first-order valence-electron chi connectivity index (χ1n) is 9.45. The van der Waals surface area contributed by atoms with Gasteiger partial charge in [-0.3, -0.25) is 4.72 Å². The van der Waals surface area contributed by atoms with Crippen LogP contribution in [0.3, 0.4) is 0 Å². The Labute approximate surface area is 179 Å². The third kappa shape index (κ3) is 4.48. The van der Waals surface area contributed by atoms with E-state index in [4.69, 9.17) is 10.5 Å². The molecule has 0 amide bonds. The molecule has 0 radical (unpaired) electrons. The first-order valence-corrected chi connectivity index (χ1v) is 11.1. The number of nitrogens with one attached hydrogen (secondary N) is 1. The molecule has 9 nitrogen and oxygen atoms in total. The lowest BCUT2D eigenvalue weighted by Gasteiger charge is -2.06. The van der Waals surface area contributed by atoms with Gasteiger partial charge in [0, 0.05) is 18.0 Å². The maximum absolute atomic E-state index is 11.6. The van der Waals surface area contributed by atoms with Crippen LogP contribution in [0, 0.1) is 0 Å². The van der Waals surface area contributed by atoms with Crippen LogP contribution in [-0.4, -0.2) is 33.9 Å². The number of ether oxygens (including phenoxy) is 1. The van der Waals surface area contributed by atoms with Crippen LogP contribution in [0.25, 0.3) is 28.5 Å². The van der Waals surface area contributed by atoms with E-state index in [0.717, 1.165) is 11.3 Å². The van der Waals surface area contributed by atoms with Crippen LogP contribution in [0.1, 0.15) is 6.92 Å². The lowest BCUT2D eigenvalue weighted by Crippen LogP contribution is -2.19. The third-order valence-corrected chi connectivity index (χ3v) is 5.72. The number of nitrogens with zero attached hydrogens (tertiary/aromatic N) is 4. The fraction of sp³-hybridized carbons (Fsp3) is 0.0952. The van der Waals surface area contributed by atoms with Gasteiger partial charge in [0.25, 0.3) is 0 Å². The summed E-state index contributed by atoms with van der Waals surface area (Å²) in [5.74, 6) is 1.66. The van der Waals surface area contributed by atoms with E-state index >= 15 is 0 Å². The molecule has 0 aliphatic rings. The Morgan fingerprint density at radius 2 is 1.77 bits per heavy atom. The third-order valence-electron chi connectivity index (χ3n) is 4.47. The molecular formula is C21H20N6O3S. The average molecular weight is 436 g/mol. The highest BCUT2D eigenvalue weighted by molar-refractivity contribution is 7.89. The van der Waals surface area contributed by atoms with Crippen molar-refractivity contribution in [3.8, 4) is 22.8 Å². The minimum Gasteiger partial charge on any atom is -0.457 e. The maximum Gasteiger partial charge on any atom is 0.232 e. The highest BCUT2D eigenvalue weighted by Gasteiger charge is 2.16. The van der Waals surface area contributed by atoms with Gasteiger partial charge < -0.3 is 10.5 Å². The Balaban J connectivity index is 1.68. The van der Waals surface area contributed by atoms with Gasteiger partial charge in [-0.2, -0.15) is 5.10 Å². The number of sulfonamides is 1. The number of hydrogen-bond acceptors (Lipinski definition) is 7. The topological polar surface area (TPSA) is 125 Å². The fourth-order valence-corrected chi connectivity index (χ4v) is 3.33. The normalized spacial score (nSPS) is 11.8. The summed E-state index contributed by atoms with van der Waals surface area (Å²) in [6.45, 7) is 1.55. The Morgan fingerprint density at radius 3 is 2.48 bits per heavy atom. The van der Waals surface area contributed by atoms with E-state index < -0.39 is 10.0 Å².